The maximum Gasteiger partial charge on any atom is 0.164 e. The van der Waals surface area contributed by atoms with Gasteiger partial charge < -0.3 is 4.42 Å². The maximum absolute atomic E-state index is 6.26. The molecule has 3 heterocycles. The minimum atomic E-state index is 0.591. The first-order chi connectivity index (χ1) is 27.7. The molecule has 8 aromatic carbocycles. The van der Waals surface area contributed by atoms with Crippen molar-refractivity contribution in [1.82, 2.24) is 15.0 Å². The van der Waals surface area contributed by atoms with E-state index in [1.807, 2.05) is 41.7 Å². The van der Waals surface area contributed by atoms with E-state index < -0.39 is 0 Å². The van der Waals surface area contributed by atoms with Gasteiger partial charge in [-0.15, -0.1) is 11.3 Å². The van der Waals surface area contributed by atoms with E-state index in [-0.39, 0.29) is 0 Å². The van der Waals surface area contributed by atoms with E-state index in [1.165, 1.54) is 42.4 Å². The van der Waals surface area contributed by atoms with Crippen LogP contribution >= 0.6 is 11.3 Å². The third-order valence-electron chi connectivity index (χ3n) is 10.6. The molecule has 0 N–H and O–H groups in total. The van der Waals surface area contributed by atoms with Gasteiger partial charge in [-0.1, -0.05) is 170 Å². The van der Waals surface area contributed by atoms with Gasteiger partial charge in [0.15, 0.2) is 17.5 Å². The highest BCUT2D eigenvalue weighted by Crippen LogP contribution is 2.44. The van der Waals surface area contributed by atoms with Gasteiger partial charge in [0, 0.05) is 47.6 Å². The second-order valence-electron chi connectivity index (χ2n) is 14.0. The van der Waals surface area contributed by atoms with Gasteiger partial charge in [0.2, 0.25) is 0 Å². The quantitative estimate of drug-likeness (QED) is 0.171. The van der Waals surface area contributed by atoms with E-state index in [1.54, 1.807) is 0 Å². The Balaban J connectivity index is 1.01. The molecule has 5 heteroatoms. The van der Waals surface area contributed by atoms with Crippen molar-refractivity contribution >= 4 is 53.4 Å². The van der Waals surface area contributed by atoms with Crippen LogP contribution in [-0.2, 0) is 0 Å². The molecule has 0 saturated heterocycles. The van der Waals surface area contributed by atoms with Gasteiger partial charge in [-0.05, 0) is 51.6 Å². The number of fused-ring (bicyclic) bond motifs is 6. The lowest BCUT2D eigenvalue weighted by Crippen LogP contribution is -2.00. The summed E-state index contributed by atoms with van der Waals surface area (Å²) in [6.07, 6.45) is 0. The van der Waals surface area contributed by atoms with Crippen molar-refractivity contribution in [2.75, 3.05) is 0 Å². The maximum atomic E-state index is 6.26. The Morgan fingerprint density at radius 1 is 0.304 bits per heavy atom. The molecule has 0 amide bonds. The number of rotatable bonds is 6. The molecule has 4 nitrogen and oxygen atoms in total. The lowest BCUT2D eigenvalue weighted by Gasteiger charge is -2.10. The average molecular weight is 734 g/mol. The predicted molar refractivity (Wildman–Crippen MR) is 233 cm³/mol. The monoisotopic (exact) mass is 733 g/mol. The van der Waals surface area contributed by atoms with E-state index in [0.29, 0.717) is 17.5 Å². The Bertz CT molecular complexity index is 3220. The summed E-state index contributed by atoms with van der Waals surface area (Å²) in [5.41, 5.74) is 11.5. The minimum absolute atomic E-state index is 0.591. The molecule has 0 fully saturated rings. The molecule has 0 aliphatic heterocycles. The van der Waals surface area contributed by atoms with E-state index in [2.05, 4.69) is 158 Å². The van der Waals surface area contributed by atoms with E-state index in [4.69, 9.17) is 19.4 Å². The smallest absolute Gasteiger partial charge is 0.164 e. The number of aromatic nitrogens is 3. The van der Waals surface area contributed by atoms with Crippen LogP contribution in [0.25, 0.3) is 110 Å². The van der Waals surface area contributed by atoms with Crippen LogP contribution < -0.4 is 0 Å². The molecule has 11 aromatic rings. The highest BCUT2D eigenvalue weighted by Gasteiger charge is 2.17. The van der Waals surface area contributed by atoms with Crippen molar-refractivity contribution in [3.8, 4) is 67.5 Å². The van der Waals surface area contributed by atoms with Crippen molar-refractivity contribution in [2.45, 2.75) is 0 Å². The number of hydrogen-bond acceptors (Lipinski definition) is 5. The zero-order valence-electron chi connectivity index (χ0n) is 30.1. The molecule has 0 aliphatic carbocycles. The van der Waals surface area contributed by atoms with Crippen LogP contribution in [0.4, 0.5) is 0 Å². The summed E-state index contributed by atoms with van der Waals surface area (Å²) >= 11 is 1.87. The molecule has 11 rings (SSSR count). The van der Waals surface area contributed by atoms with Gasteiger partial charge in [-0.2, -0.15) is 0 Å². The van der Waals surface area contributed by atoms with Crippen LogP contribution in [0.2, 0.25) is 0 Å². The Morgan fingerprint density at radius 3 is 1.36 bits per heavy atom. The fourth-order valence-electron chi connectivity index (χ4n) is 7.76. The van der Waals surface area contributed by atoms with Crippen molar-refractivity contribution in [3.63, 3.8) is 0 Å². The van der Waals surface area contributed by atoms with Crippen LogP contribution in [-0.4, -0.2) is 15.0 Å². The second-order valence-corrected chi connectivity index (χ2v) is 15.0. The number of benzene rings is 8. The lowest BCUT2D eigenvalue weighted by molar-refractivity contribution is 0.669. The summed E-state index contributed by atoms with van der Waals surface area (Å²) < 4.78 is 8.85. The highest BCUT2D eigenvalue weighted by molar-refractivity contribution is 7.26. The van der Waals surface area contributed by atoms with Gasteiger partial charge in [0.25, 0.3) is 0 Å². The Kier molecular flexibility index (Phi) is 7.64. The number of para-hydroxylation sites is 1. The molecule has 0 atom stereocenters. The molecule has 262 valence electrons. The number of furan rings is 1. The van der Waals surface area contributed by atoms with E-state index in [0.717, 1.165) is 49.8 Å². The first kappa shape index (κ1) is 32.2. The minimum Gasteiger partial charge on any atom is -0.456 e. The fraction of sp³-hybridized carbons (Fsp3) is 0. The van der Waals surface area contributed by atoms with Gasteiger partial charge >= 0.3 is 0 Å². The number of nitrogens with zero attached hydrogens (tertiary/aromatic N) is 3. The molecule has 3 aromatic heterocycles. The molecule has 0 saturated carbocycles. The molecule has 56 heavy (non-hydrogen) atoms. The summed E-state index contributed by atoms with van der Waals surface area (Å²) in [4.78, 5) is 15.2. The van der Waals surface area contributed by atoms with Gasteiger partial charge in [0.05, 0.1) is 0 Å². The molecule has 0 aliphatic rings. The Hall–Kier alpha value is -7.21. The average Bonchev–Trinajstić information content (AvgIpc) is 3.85. The first-order valence-corrected chi connectivity index (χ1v) is 19.5. The molecular formula is C51H31N3OS. The predicted octanol–water partition coefficient (Wildman–Crippen LogP) is 14.1. The molecular weight excluding hydrogens is 703 g/mol. The van der Waals surface area contributed by atoms with E-state index in [9.17, 15) is 0 Å². The second kappa shape index (κ2) is 13.3. The summed E-state index contributed by atoms with van der Waals surface area (Å²) in [6, 6.07) is 65.7. The summed E-state index contributed by atoms with van der Waals surface area (Å²) in [5.74, 6) is 1.82. The molecule has 0 unspecified atom stereocenters. The normalized spacial score (nSPS) is 11.6. The number of thiophene rings is 1. The Labute approximate surface area is 327 Å². The summed E-state index contributed by atoms with van der Waals surface area (Å²) in [6.45, 7) is 0. The Morgan fingerprint density at radius 2 is 0.732 bits per heavy atom. The van der Waals surface area contributed by atoms with Crippen molar-refractivity contribution in [1.29, 1.82) is 0 Å². The van der Waals surface area contributed by atoms with E-state index >= 15 is 0 Å². The van der Waals surface area contributed by atoms with Crippen molar-refractivity contribution in [3.05, 3.63) is 188 Å². The third-order valence-corrected chi connectivity index (χ3v) is 11.9. The molecule has 0 spiro atoms. The van der Waals surface area contributed by atoms with Crippen LogP contribution in [0, 0.1) is 0 Å². The SMILES string of the molecule is c1ccc(-c2ccc(-c3nc(-c4ccc(-c5cccc6c5sc5c(-c7ccccc7)cccc56)cc4)nc(-c4ccc5c(c4)oc4ccccc45)n3)cc2)cc1. The zero-order valence-corrected chi connectivity index (χ0v) is 30.9. The van der Waals surface area contributed by atoms with Gasteiger partial charge in [-0.3, -0.25) is 0 Å². The topological polar surface area (TPSA) is 51.8 Å². The van der Waals surface area contributed by atoms with Crippen LogP contribution in [0.3, 0.4) is 0 Å². The number of hydrogen-bond donors (Lipinski definition) is 0. The summed E-state index contributed by atoms with van der Waals surface area (Å²) in [7, 11) is 0. The van der Waals surface area contributed by atoms with Gasteiger partial charge in [-0.25, -0.2) is 15.0 Å². The van der Waals surface area contributed by atoms with Crippen LogP contribution in [0.15, 0.2) is 192 Å². The largest absolute Gasteiger partial charge is 0.456 e. The highest BCUT2D eigenvalue weighted by atomic mass is 32.1. The molecule has 0 bridgehead atoms. The standard InChI is InChI=1S/C51H31N3OS/c1-3-11-32(12-4-1)33-21-25-36(26-22-33)49-52-50(54-51(53-49)38-29-30-42-41-15-7-8-20-45(41)55-46(42)31-38)37-27-23-35(24-28-37)40-17-10-19-44-43-18-9-16-39(47(43)56-48(40)44)34-13-5-2-6-14-34/h1-31H. The molecule has 0 radical (unpaired) electrons. The van der Waals surface area contributed by atoms with Crippen molar-refractivity contribution < 1.29 is 4.42 Å². The zero-order chi connectivity index (χ0) is 37.0. The summed E-state index contributed by atoms with van der Waals surface area (Å²) in [5, 5.41) is 4.71. The first-order valence-electron chi connectivity index (χ1n) is 18.7. The lowest BCUT2D eigenvalue weighted by atomic mass is 9.99. The van der Waals surface area contributed by atoms with Crippen LogP contribution in [0.1, 0.15) is 0 Å². The van der Waals surface area contributed by atoms with Crippen LogP contribution in [0.5, 0.6) is 0 Å². The third kappa shape index (κ3) is 5.56. The fourth-order valence-corrected chi connectivity index (χ4v) is 9.13. The van der Waals surface area contributed by atoms with Crippen molar-refractivity contribution in [2.24, 2.45) is 0 Å². The van der Waals surface area contributed by atoms with Gasteiger partial charge in [0.1, 0.15) is 11.2 Å².